The second-order valence-corrected chi connectivity index (χ2v) is 3.75. The van der Waals surface area contributed by atoms with E-state index >= 15 is 0 Å². The quantitative estimate of drug-likeness (QED) is 0.665. The van der Waals surface area contributed by atoms with E-state index in [9.17, 15) is 17.6 Å². The van der Waals surface area contributed by atoms with E-state index in [4.69, 9.17) is 5.73 Å². The lowest BCUT2D eigenvalue weighted by Gasteiger charge is -2.04. The summed E-state index contributed by atoms with van der Waals surface area (Å²) >= 11 is 0. The first-order chi connectivity index (χ1) is 8.36. The molecule has 7 heteroatoms. The zero-order valence-electron chi connectivity index (χ0n) is 9.08. The molecule has 0 unspecified atom stereocenters. The Bertz CT molecular complexity index is 560. The van der Waals surface area contributed by atoms with Crippen LogP contribution in [0.5, 0.6) is 0 Å². The lowest BCUT2D eigenvalue weighted by Crippen LogP contribution is -2.08. The van der Waals surface area contributed by atoms with Crippen molar-refractivity contribution in [2.75, 3.05) is 5.73 Å². The molecule has 1 aromatic heterocycles. The van der Waals surface area contributed by atoms with E-state index in [1.807, 2.05) is 0 Å². The number of benzene rings is 1. The molecular formula is C11H9F4N3. The fourth-order valence-electron chi connectivity index (χ4n) is 1.46. The SMILES string of the molecule is Nc1ccc(Cn2ccc(C(F)(F)F)n2)cc1F. The highest BCUT2D eigenvalue weighted by atomic mass is 19.4. The third kappa shape index (κ3) is 2.61. The van der Waals surface area contributed by atoms with Crippen LogP contribution in [0, 0.1) is 5.82 Å². The zero-order chi connectivity index (χ0) is 13.3. The van der Waals surface area contributed by atoms with Gasteiger partial charge in [-0.15, -0.1) is 0 Å². The summed E-state index contributed by atoms with van der Waals surface area (Å²) in [7, 11) is 0. The van der Waals surface area contributed by atoms with Crippen molar-refractivity contribution in [3.8, 4) is 0 Å². The molecule has 0 fully saturated rings. The standard InChI is InChI=1S/C11H9F4N3/c12-8-5-7(1-2-9(8)16)6-18-4-3-10(17-18)11(13,14)15/h1-5H,6,16H2. The van der Waals surface area contributed by atoms with Crippen LogP contribution >= 0.6 is 0 Å². The molecule has 18 heavy (non-hydrogen) atoms. The predicted molar refractivity (Wildman–Crippen MR) is 57.1 cm³/mol. The summed E-state index contributed by atoms with van der Waals surface area (Å²) in [5.41, 5.74) is 4.80. The third-order valence-corrected chi connectivity index (χ3v) is 2.34. The Kier molecular flexibility index (Phi) is 2.98. The van der Waals surface area contributed by atoms with E-state index in [1.165, 1.54) is 24.4 Å². The largest absolute Gasteiger partial charge is 0.435 e. The van der Waals surface area contributed by atoms with Crippen LogP contribution in [0.25, 0.3) is 0 Å². The van der Waals surface area contributed by atoms with Gasteiger partial charge >= 0.3 is 6.18 Å². The van der Waals surface area contributed by atoms with E-state index in [-0.39, 0.29) is 12.2 Å². The van der Waals surface area contributed by atoms with Gasteiger partial charge in [-0.2, -0.15) is 18.3 Å². The average Bonchev–Trinajstić information content (AvgIpc) is 2.72. The number of hydrogen-bond donors (Lipinski definition) is 1. The third-order valence-electron chi connectivity index (χ3n) is 2.34. The van der Waals surface area contributed by atoms with Crippen LogP contribution in [-0.4, -0.2) is 9.78 Å². The van der Waals surface area contributed by atoms with Gasteiger partial charge in [0.2, 0.25) is 0 Å². The van der Waals surface area contributed by atoms with Gasteiger partial charge in [0.15, 0.2) is 5.69 Å². The number of nitrogens with zero attached hydrogens (tertiary/aromatic N) is 2. The molecule has 0 atom stereocenters. The molecule has 96 valence electrons. The van der Waals surface area contributed by atoms with Crippen LogP contribution in [-0.2, 0) is 12.7 Å². The number of hydrogen-bond acceptors (Lipinski definition) is 2. The number of halogens is 4. The Morgan fingerprint density at radius 1 is 1.22 bits per heavy atom. The van der Waals surface area contributed by atoms with Gasteiger partial charge in [-0.25, -0.2) is 4.39 Å². The van der Waals surface area contributed by atoms with Crippen molar-refractivity contribution in [2.45, 2.75) is 12.7 Å². The molecule has 2 aromatic rings. The molecular weight excluding hydrogens is 250 g/mol. The number of nitrogen functional groups attached to an aromatic ring is 1. The van der Waals surface area contributed by atoms with Crippen LogP contribution < -0.4 is 5.73 Å². The molecule has 0 bridgehead atoms. The monoisotopic (exact) mass is 259 g/mol. The van der Waals surface area contributed by atoms with Crippen LogP contribution in [0.3, 0.4) is 0 Å². The molecule has 1 aromatic carbocycles. The van der Waals surface area contributed by atoms with Crippen molar-refractivity contribution in [1.82, 2.24) is 9.78 Å². The molecule has 0 amide bonds. The Hall–Kier alpha value is -2.05. The fourth-order valence-corrected chi connectivity index (χ4v) is 1.46. The van der Waals surface area contributed by atoms with E-state index in [0.29, 0.717) is 5.56 Å². The maximum Gasteiger partial charge on any atom is 0.435 e. The molecule has 3 nitrogen and oxygen atoms in total. The van der Waals surface area contributed by atoms with Gasteiger partial charge in [0.25, 0.3) is 0 Å². The van der Waals surface area contributed by atoms with Crippen molar-refractivity contribution in [3.63, 3.8) is 0 Å². The Morgan fingerprint density at radius 2 is 1.94 bits per heavy atom. The van der Waals surface area contributed by atoms with Crippen LogP contribution in [0.4, 0.5) is 23.2 Å². The van der Waals surface area contributed by atoms with Crippen molar-refractivity contribution in [1.29, 1.82) is 0 Å². The van der Waals surface area contributed by atoms with Crippen LogP contribution in [0.15, 0.2) is 30.5 Å². The second kappa shape index (κ2) is 4.32. The van der Waals surface area contributed by atoms with Gasteiger partial charge < -0.3 is 5.73 Å². The normalized spacial score (nSPS) is 11.8. The minimum atomic E-state index is -4.47. The average molecular weight is 259 g/mol. The molecule has 2 N–H and O–H groups in total. The van der Waals surface area contributed by atoms with Crippen molar-refractivity contribution in [3.05, 3.63) is 47.5 Å². The molecule has 2 rings (SSSR count). The fraction of sp³-hybridized carbons (Fsp3) is 0.182. The summed E-state index contributed by atoms with van der Waals surface area (Å²) < 4.78 is 51.1. The summed E-state index contributed by atoms with van der Waals surface area (Å²) in [5.74, 6) is -0.601. The smallest absolute Gasteiger partial charge is 0.396 e. The van der Waals surface area contributed by atoms with Crippen molar-refractivity contribution < 1.29 is 17.6 Å². The molecule has 0 radical (unpaired) electrons. The number of anilines is 1. The van der Waals surface area contributed by atoms with Crippen LogP contribution in [0.2, 0.25) is 0 Å². The zero-order valence-corrected chi connectivity index (χ0v) is 9.08. The van der Waals surface area contributed by atoms with Gasteiger partial charge in [-0.1, -0.05) is 6.07 Å². The van der Waals surface area contributed by atoms with E-state index in [0.717, 1.165) is 10.7 Å². The molecule has 0 spiro atoms. The highest BCUT2D eigenvalue weighted by Gasteiger charge is 2.33. The minimum Gasteiger partial charge on any atom is -0.396 e. The Morgan fingerprint density at radius 3 is 2.50 bits per heavy atom. The van der Waals surface area contributed by atoms with Gasteiger partial charge in [-0.05, 0) is 23.8 Å². The Labute approximate surface area is 99.8 Å². The summed E-state index contributed by atoms with van der Waals surface area (Å²) in [4.78, 5) is 0. The molecule has 0 aliphatic rings. The first-order valence-corrected chi connectivity index (χ1v) is 5.01. The number of nitrogens with two attached hydrogens (primary N) is 1. The molecule has 0 saturated heterocycles. The van der Waals surface area contributed by atoms with Gasteiger partial charge in [-0.3, -0.25) is 4.68 Å². The van der Waals surface area contributed by atoms with E-state index < -0.39 is 17.7 Å². The summed E-state index contributed by atoms with van der Waals surface area (Å²) in [6, 6.07) is 4.93. The molecule has 0 aliphatic carbocycles. The van der Waals surface area contributed by atoms with Gasteiger partial charge in [0.1, 0.15) is 5.82 Å². The van der Waals surface area contributed by atoms with E-state index in [1.54, 1.807) is 0 Å². The maximum atomic E-state index is 13.1. The van der Waals surface area contributed by atoms with Crippen LogP contribution in [0.1, 0.15) is 11.3 Å². The lowest BCUT2D eigenvalue weighted by atomic mass is 10.2. The number of alkyl halides is 3. The highest BCUT2D eigenvalue weighted by Crippen LogP contribution is 2.27. The number of rotatable bonds is 2. The van der Waals surface area contributed by atoms with Crippen molar-refractivity contribution >= 4 is 5.69 Å². The number of aromatic nitrogens is 2. The summed E-state index contributed by atoms with van der Waals surface area (Å²) in [6.45, 7) is 0.0489. The van der Waals surface area contributed by atoms with Crippen molar-refractivity contribution in [2.24, 2.45) is 0 Å². The maximum absolute atomic E-state index is 13.1. The Balaban J connectivity index is 2.19. The molecule has 0 saturated carbocycles. The van der Waals surface area contributed by atoms with Gasteiger partial charge in [0.05, 0.1) is 12.2 Å². The first-order valence-electron chi connectivity index (χ1n) is 5.01. The topological polar surface area (TPSA) is 43.8 Å². The predicted octanol–water partition coefficient (Wildman–Crippen LogP) is 2.67. The summed E-state index contributed by atoms with van der Waals surface area (Å²) in [5, 5.41) is 3.37. The first kappa shape index (κ1) is 12.4. The van der Waals surface area contributed by atoms with Gasteiger partial charge in [0, 0.05) is 6.20 Å². The second-order valence-electron chi connectivity index (χ2n) is 3.75. The van der Waals surface area contributed by atoms with E-state index in [2.05, 4.69) is 5.10 Å². The molecule has 1 heterocycles. The lowest BCUT2D eigenvalue weighted by molar-refractivity contribution is -0.141. The molecule has 0 aliphatic heterocycles. The summed E-state index contributed by atoms with van der Waals surface area (Å²) in [6.07, 6.45) is -3.28. The highest BCUT2D eigenvalue weighted by molar-refractivity contribution is 5.41. The minimum absolute atomic E-state index is 0.00445.